The second kappa shape index (κ2) is 7.69. The number of nitrogens with zero attached hydrogens (tertiary/aromatic N) is 7. The molecular weight excluding hydrogens is 342 g/mol. The summed E-state index contributed by atoms with van der Waals surface area (Å²) < 4.78 is 1.73. The van der Waals surface area contributed by atoms with E-state index in [9.17, 15) is 4.79 Å². The van der Waals surface area contributed by atoms with E-state index in [4.69, 9.17) is 0 Å². The molecule has 2 aromatic heterocycles. The lowest BCUT2D eigenvalue weighted by atomic mass is 10.2. The number of carbonyl (C=O) groups excluding carboxylic acids is 1. The molecule has 140 valence electrons. The van der Waals surface area contributed by atoms with Gasteiger partial charge in [-0.1, -0.05) is 36.8 Å². The van der Waals surface area contributed by atoms with E-state index in [1.54, 1.807) is 11.0 Å². The topological polar surface area (TPSA) is 80.0 Å². The van der Waals surface area contributed by atoms with Crippen LogP contribution in [-0.4, -0.2) is 61.9 Å². The van der Waals surface area contributed by atoms with Crippen molar-refractivity contribution < 1.29 is 4.79 Å². The summed E-state index contributed by atoms with van der Waals surface area (Å²) in [5.41, 5.74) is 2.29. The van der Waals surface area contributed by atoms with E-state index in [1.165, 1.54) is 0 Å². The van der Waals surface area contributed by atoms with Crippen LogP contribution in [0, 0.1) is 0 Å². The second-order valence-corrected chi connectivity index (χ2v) is 6.68. The molecule has 0 spiro atoms. The standard InChI is InChI=1S/C19H23N7O/c1-2-3-9-16(27)24-10-12-25(13-11-24)18-17-19(21-14-20-18)26(23-22-17)15-7-5-4-6-8-15/h4-8,14H,2-3,9-13H2,1H3. The number of benzene rings is 1. The molecule has 0 N–H and O–H groups in total. The number of hydrogen-bond donors (Lipinski definition) is 0. The van der Waals surface area contributed by atoms with Gasteiger partial charge in [-0.05, 0) is 18.6 Å². The molecule has 1 amide bonds. The smallest absolute Gasteiger partial charge is 0.222 e. The van der Waals surface area contributed by atoms with Gasteiger partial charge in [-0.25, -0.2) is 9.97 Å². The molecule has 0 aliphatic carbocycles. The summed E-state index contributed by atoms with van der Waals surface area (Å²) in [6, 6.07) is 9.82. The molecule has 1 fully saturated rings. The summed E-state index contributed by atoms with van der Waals surface area (Å²) in [6.45, 7) is 5.00. The molecule has 1 saturated heterocycles. The minimum Gasteiger partial charge on any atom is -0.351 e. The van der Waals surface area contributed by atoms with E-state index in [-0.39, 0.29) is 5.91 Å². The van der Waals surface area contributed by atoms with Crippen LogP contribution in [0.4, 0.5) is 5.82 Å². The summed E-state index contributed by atoms with van der Waals surface area (Å²) in [5, 5.41) is 8.60. The van der Waals surface area contributed by atoms with Crippen LogP contribution in [0.1, 0.15) is 26.2 Å². The Morgan fingerprint density at radius 1 is 1.07 bits per heavy atom. The highest BCUT2D eigenvalue weighted by molar-refractivity contribution is 5.84. The zero-order chi connectivity index (χ0) is 18.6. The van der Waals surface area contributed by atoms with Crippen molar-refractivity contribution in [3.8, 4) is 5.69 Å². The van der Waals surface area contributed by atoms with Crippen LogP contribution in [0.5, 0.6) is 0 Å². The molecule has 0 unspecified atom stereocenters. The predicted molar refractivity (Wildman–Crippen MR) is 103 cm³/mol. The van der Waals surface area contributed by atoms with Crippen LogP contribution in [0.3, 0.4) is 0 Å². The number of aromatic nitrogens is 5. The number of piperazine rings is 1. The quantitative estimate of drug-likeness (QED) is 0.688. The molecular formula is C19H23N7O. The van der Waals surface area contributed by atoms with E-state index in [2.05, 4.69) is 32.1 Å². The van der Waals surface area contributed by atoms with Crippen LogP contribution in [0.25, 0.3) is 16.9 Å². The van der Waals surface area contributed by atoms with Crippen molar-refractivity contribution in [1.82, 2.24) is 29.9 Å². The van der Waals surface area contributed by atoms with Crippen molar-refractivity contribution in [2.24, 2.45) is 0 Å². The Morgan fingerprint density at radius 2 is 1.85 bits per heavy atom. The number of anilines is 1. The third kappa shape index (κ3) is 3.47. The minimum atomic E-state index is 0.249. The fourth-order valence-corrected chi connectivity index (χ4v) is 3.37. The minimum absolute atomic E-state index is 0.249. The fraction of sp³-hybridized carbons (Fsp3) is 0.421. The Balaban J connectivity index is 1.54. The van der Waals surface area contributed by atoms with Crippen molar-refractivity contribution in [1.29, 1.82) is 0 Å². The summed E-state index contributed by atoms with van der Waals surface area (Å²) in [7, 11) is 0. The molecule has 3 heterocycles. The van der Waals surface area contributed by atoms with E-state index in [1.807, 2.05) is 35.2 Å². The lowest BCUT2D eigenvalue weighted by Gasteiger charge is -2.35. The number of fused-ring (bicyclic) bond motifs is 1. The molecule has 0 saturated carbocycles. The van der Waals surface area contributed by atoms with Gasteiger partial charge in [0.15, 0.2) is 17.0 Å². The van der Waals surface area contributed by atoms with Crippen LogP contribution in [-0.2, 0) is 4.79 Å². The molecule has 4 rings (SSSR count). The zero-order valence-corrected chi connectivity index (χ0v) is 15.5. The monoisotopic (exact) mass is 365 g/mol. The summed E-state index contributed by atoms with van der Waals surface area (Å²) in [4.78, 5) is 25.2. The molecule has 0 bridgehead atoms. The van der Waals surface area contributed by atoms with Gasteiger partial charge >= 0.3 is 0 Å². The van der Waals surface area contributed by atoms with Gasteiger partial charge in [0, 0.05) is 32.6 Å². The van der Waals surface area contributed by atoms with Crippen molar-refractivity contribution in [2.45, 2.75) is 26.2 Å². The SMILES string of the molecule is CCCCC(=O)N1CCN(c2ncnc3c2nnn3-c2ccccc2)CC1. The van der Waals surface area contributed by atoms with Crippen LogP contribution in [0.15, 0.2) is 36.7 Å². The molecule has 0 radical (unpaired) electrons. The fourth-order valence-electron chi connectivity index (χ4n) is 3.37. The molecule has 1 aromatic carbocycles. The molecule has 1 aliphatic rings. The highest BCUT2D eigenvalue weighted by atomic mass is 16.2. The first-order chi connectivity index (χ1) is 13.3. The van der Waals surface area contributed by atoms with Crippen molar-refractivity contribution in [2.75, 3.05) is 31.1 Å². The average Bonchev–Trinajstić information content (AvgIpc) is 3.17. The van der Waals surface area contributed by atoms with Gasteiger partial charge in [0.2, 0.25) is 5.91 Å². The predicted octanol–water partition coefficient (Wildman–Crippen LogP) is 2.05. The molecule has 1 aliphatic heterocycles. The molecule has 0 atom stereocenters. The lowest BCUT2D eigenvalue weighted by Crippen LogP contribution is -2.49. The van der Waals surface area contributed by atoms with E-state index < -0.39 is 0 Å². The number of hydrogen-bond acceptors (Lipinski definition) is 6. The number of amides is 1. The highest BCUT2D eigenvalue weighted by Gasteiger charge is 2.24. The number of carbonyl (C=O) groups is 1. The summed E-state index contributed by atoms with van der Waals surface area (Å²) >= 11 is 0. The molecule has 27 heavy (non-hydrogen) atoms. The highest BCUT2D eigenvalue weighted by Crippen LogP contribution is 2.23. The average molecular weight is 365 g/mol. The van der Waals surface area contributed by atoms with Gasteiger partial charge in [0.05, 0.1) is 5.69 Å². The normalized spacial score (nSPS) is 14.7. The van der Waals surface area contributed by atoms with Gasteiger partial charge in [0.1, 0.15) is 6.33 Å². The summed E-state index contributed by atoms with van der Waals surface area (Å²) in [6.07, 6.45) is 4.19. The zero-order valence-electron chi connectivity index (χ0n) is 15.5. The number of unbranched alkanes of at least 4 members (excludes halogenated alkanes) is 1. The summed E-state index contributed by atoms with van der Waals surface area (Å²) in [5.74, 6) is 1.03. The van der Waals surface area contributed by atoms with Crippen molar-refractivity contribution in [3.05, 3.63) is 36.7 Å². The number of para-hydroxylation sites is 1. The number of rotatable bonds is 5. The first kappa shape index (κ1) is 17.4. The third-order valence-corrected chi connectivity index (χ3v) is 4.90. The van der Waals surface area contributed by atoms with E-state index in [0.717, 1.165) is 37.4 Å². The Labute approximate surface area is 157 Å². The second-order valence-electron chi connectivity index (χ2n) is 6.68. The maximum atomic E-state index is 12.2. The van der Waals surface area contributed by atoms with Gasteiger partial charge in [-0.2, -0.15) is 4.68 Å². The van der Waals surface area contributed by atoms with Gasteiger partial charge in [-0.15, -0.1) is 5.10 Å². The van der Waals surface area contributed by atoms with Crippen LogP contribution >= 0.6 is 0 Å². The third-order valence-electron chi connectivity index (χ3n) is 4.90. The Kier molecular flexibility index (Phi) is 4.95. The molecule has 8 nitrogen and oxygen atoms in total. The van der Waals surface area contributed by atoms with E-state index >= 15 is 0 Å². The van der Waals surface area contributed by atoms with E-state index in [0.29, 0.717) is 30.7 Å². The Hall–Kier alpha value is -3.03. The van der Waals surface area contributed by atoms with Gasteiger partial charge in [-0.3, -0.25) is 4.79 Å². The van der Waals surface area contributed by atoms with Gasteiger partial charge in [0.25, 0.3) is 0 Å². The first-order valence-electron chi connectivity index (χ1n) is 9.42. The van der Waals surface area contributed by atoms with Crippen molar-refractivity contribution in [3.63, 3.8) is 0 Å². The van der Waals surface area contributed by atoms with Crippen LogP contribution < -0.4 is 4.90 Å². The lowest BCUT2D eigenvalue weighted by molar-refractivity contribution is -0.131. The van der Waals surface area contributed by atoms with Crippen LogP contribution in [0.2, 0.25) is 0 Å². The maximum absolute atomic E-state index is 12.2. The Bertz CT molecular complexity index is 916. The van der Waals surface area contributed by atoms with Gasteiger partial charge < -0.3 is 9.80 Å². The van der Waals surface area contributed by atoms with Crippen molar-refractivity contribution >= 4 is 22.9 Å². The first-order valence-corrected chi connectivity index (χ1v) is 9.42. The Morgan fingerprint density at radius 3 is 2.59 bits per heavy atom. The molecule has 8 heteroatoms. The largest absolute Gasteiger partial charge is 0.351 e. The maximum Gasteiger partial charge on any atom is 0.222 e. The molecule has 3 aromatic rings.